The lowest BCUT2D eigenvalue weighted by Crippen LogP contribution is -2.42. The molecule has 0 radical (unpaired) electrons. The number of nitrogens with zero attached hydrogens (tertiary/aromatic N) is 3. The van der Waals surface area contributed by atoms with Crippen LogP contribution >= 0.6 is 0 Å². The first-order valence-corrected chi connectivity index (χ1v) is 7.34. The molecule has 1 aliphatic heterocycles. The Morgan fingerprint density at radius 3 is 2.52 bits per heavy atom. The second-order valence-electron chi connectivity index (χ2n) is 5.96. The quantitative estimate of drug-likeness (QED) is 0.825. The predicted octanol–water partition coefficient (Wildman–Crippen LogP) is 0.109. The van der Waals surface area contributed by atoms with Gasteiger partial charge < -0.3 is 19.7 Å². The first kappa shape index (κ1) is 16.0. The first-order chi connectivity index (χ1) is 9.93. The molecule has 1 aromatic heterocycles. The Hall–Kier alpha value is -1.37. The van der Waals surface area contributed by atoms with Crippen LogP contribution in [0.5, 0.6) is 5.75 Å². The molecule has 21 heavy (non-hydrogen) atoms. The van der Waals surface area contributed by atoms with Crippen LogP contribution < -0.4 is 5.43 Å². The van der Waals surface area contributed by atoms with Gasteiger partial charge in [-0.1, -0.05) is 0 Å². The Morgan fingerprint density at radius 1 is 1.33 bits per heavy atom. The fourth-order valence-electron chi connectivity index (χ4n) is 2.92. The topological polar surface area (TPSA) is 68.9 Å². The second kappa shape index (κ2) is 6.60. The molecular formula is C15H25N3O3. The van der Waals surface area contributed by atoms with E-state index in [4.69, 9.17) is 0 Å². The molecule has 1 aromatic rings. The third kappa shape index (κ3) is 3.45. The van der Waals surface area contributed by atoms with Gasteiger partial charge >= 0.3 is 0 Å². The van der Waals surface area contributed by atoms with Crippen LogP contribution in [0.15, 0.2) is 10.9 Å². The summed E-state index contributed by atoms with van der Waals surface area (Å²) in [4.78, 5) is 16.3. The molecule has 6 nitrogen and oxygen atoms in total. The molecule has 0 aromatic carbocycles. The van der Waals surface area contributed by atoms with Gasteiger partial charge in [0.2, 0.25) is 5.43 Å². The number of piperidine rings is 1. The van der Waals surface area contributed by atoms with Crippen LogP contribution in [0.2, 0.25) is 0 Å². The fourth-order valence-corrected chi connectivity index (χ4v) is 2.92. The number of aliphatic hydroxyl groups is 1. The van der Waals surface area contributed by atoms with Crippen molar-refractivity contribution in [1.82, 2.24) is 14.4 Å². The summed E-state index contributed by atoms with van der Waals surface area (Å²) in [7, 11) is 5.91. The third-order valence-corrected chi connectivity index (χ3v) is 4.51. The number of rotatable bonds is 4. The summed E-state index contributed by atoms with van der Waals surface area (Å²) in [5.41, 5.74) is 0.654. The molecule has 6 heteroatoms. The molecule has 0 saturated carbocycles. The van der Waals surface area contributed by atoms with Crippen molar-refractivity contribution in [3.63, 3.8) is 0 Å². The van der Waals surface area contributed by atoms with E-state index in [1.54, 1.807) is 11.6 Å². The zero-order chi connectivity index (χ0) is 15.6. The van der Waals surface area contributed by atoms with E-state index in [1.165, 1.54) is 6.07 Å². The predicted molar refractivity (Wildman–Crippen MR) is 81.3 cm³/mol. The Morgan fingerprint density at radius 2 is 1.95 bits per heavy atom. The Labute approximate surface area is 125 Å². The van der Waals surface area contributed by atoms with Gasteiger partial charge in [-0.15, -0.1) is 0 Å². The van der Waals surface area contributed by atoms with Crippen molar-refractivity contribution in [3.8, 4) is 5.75 Å². The largest absolute Gasteiger partial charge is 0.503 e. The average Bonchev–Trinajstić information content (AvgIpc) is 2.47. The molecule has 1 saturated heterocycles. The number of hydrogen-bond acceptors (Lipinski definition) is 5. The Bertz CT molecular complexity index is 548. The van der Waals surface area contributed by atoms with Gasteiger partial charge in [0.15, 0.2) is 5.75 Å². The summed E-state index contributed by atoms with van der Waals surface area (Å²) < 4.78 is 1.71. The fraction of sp³-hybridized carbons (Fsp3) is 0.667. The number of aromatic nitrogens is 1. The maximum absolute atomic E-state index is 11.8. The Kier molecular flexibility index (Phi) is 5.03. The van der Waals surface area contributed by atoms with Crippen LogP contribution in [0, 0.1) is 0 Å². The molecule has 0 atom stereocenters. The molecule has 0 bridgehead atoms. The molecule has 0 amide bonds. The van der Waals surface area contributed by atoms with E-state index in [9.17, 15) is 15.0 Å². The molecule has 1 fully saturated rings. The van der Waals surface area contributed by atoms with E-state index in [0.29, 0.717) is 24.0 Å². The standard InChI is InChI=1S/C15H25N3O3/c1-16-6-4-11(5-7-16)17(2)9-13-15(21)14(20)8-12(10-19)18(13)3/h8,11,19,21H,4-7,9-10H2,1-3H3. The maximum Gasteiger partial charge on any atom is 0.223 e. The molecule has 118 valence electrons. The second-order valence-corrected chi connectivity index (χ2v) is 5.96. The van der Waals surface area contributed by atoms with E-state index in [0.717, 1.165) is 25.9 Å². The van der Waals surface area contributed by atoms with Crippen molar-refractivity contribution in [2.45, 2.75) is 32.0 Å². The van der Waals surface area contributed by atoms with Crippen LogP contribution in [0.25, 0.3) is 0 Å². The van der Waals surface area contributed by atoms with Gasteiger partial charge in [-0.2, -0.15) is 0 Å². The summed E-state index contributed by atoms with van der Waals surface area (Å²) >= 11 is 0. The van der Waals surface area contributed by atoms with Crippen molar-refractivity contribution >= 4 is 0 Å². The van der Waals surface area contributed by atoms with E-state index in [1.807, 2.05) is 7.05 Å². The lowest BCUT2D eigenvalue weighted by molar-refractivity contribution is 0.135. The normalized spacial score (nSPS) is 17.6. The minimum Gasteiger partial charge on any atom is -0.503 e. The zero-order valence-corrected chi connectivity index (χ0v) is 13.0. The van der Waals surface area contributed by atoms with Crippen molar-refractivity contribution in [3.05, 3.63) is 27.7 Å². The molecule has 0 unspecified atom stereocenters. The van der Waals surface area contributed by atoms with Gasteiger partial charge in [-0.05, 0) is 40.0 Å². The number of aliphatic hydroxyl groups excluding tert-OH is 1. The SMILES string of the molecule is CN1CCC(N(C)Cc2c(O)c(=O)cc(CO)n2C)CC1. The van der Waals surface area contributed by atoms with Gasteiger partial charge in [0.05, 0.1) is 12.3 Å². The monoisotopic (exact) mass is 295 g/mol. The summed E-state index contributed by atoms with van der Waals surface area (Å²) in [6, 6.07) is 1.74. The molecule has 2 N–H and O–H groups in total. The molecule has 2 heterocycles. The maximum atomic E-state index is 11.8. The van der Waals surface area contributed by atoms with Crippen molar-refractivity contribution < 1.29 is 10.2 Å². The van der Waals surface area contributed by atoms with Crippen LogP contribution in [-0.4, -0.2) is 57.8 Å². The molecule has 1 aliphatic rings. The van der Waals surface area contributed by atoms with Crippen LogP contribution in [0.3, 0.4) is 0 Å². The smallest absolute Gasteiger partial charge is 0.223 e. The van der Waals surface area contributed by atoms with E-state index in [2.05, 4.69) is 16.8 Å². The summed E-state index contributed by atoms with van der Waals surface area (Å²) in [6.45, 7) is 2.42. The molecular weight excluding hydrogens is 270 g/mol. The molecule has 2 rings (SSSR count). The van der Waals surface area contributed by atoms with Gasteiger partial charge in [0, 0.05) is 31.4 Å². The lowest BCUT2D eigenvalue weighted by Gasteiger charge is -2.35. The van der Waals surface area contributed by atoms with Crippen LogP contribution in [0.4, 0.5) is 0 Å². The summed E-state index contributed by atoms with van der Waals surface area (Å²) in [6.07, 6.45) is 2.17. The van der Waals surface area contributed by atoms with E-state index >= 15 is 0 Å². The highest BCUT2D eigenvalue weighted by Gasteiger charge is 2.22. The summed E-state index contributed by atoms with van der Waals surface area (Å²) in [5, 5.41) is 19.3. The molecule has 0 aliphatic carbocycles. The van der Waals surface area contributed by atoms with Gasteiger partial charge in [-0.25, -0.2) is 0 Å². The van der Waals surface area contributed by atoms with Crippen molar-refractivity contribution in [2.24, 2.45) is 7.05 Å². The van der Waals surface area contributed by atoms with Crippen LogP contribution in [-0.2, 0) is 20.2 Å². The van der Waals surface area contributed by atoms with Crippen LogP contribution in [0.1, 0.15) is 24.2 Å². The number of aromatic hydroxyl groups is 1. The van der Waals surface area contributed by atoms with Crippen molar-refractivity contribution in [1.29, 1.82) is 0 Å². The minimum atomic E-state index is -0.427. The highest BCUT2D eigenvalue weighted by molar-refractivity contribution is 5.29. The minimum absolute atomic E-state index is 0.211. The van der Waals surface area contributed by atoms with E-state index < -0.39 is 5.43 Å². The number of hydrogen-bond donors (Lipinski definition) is 2. The van der Waals surface area contributed by atoms with Gasteiger partial charge in [0.1, 0.15) is 0 Å². The average molecular weight is 295 g/mol. The van der Waals surface area contributed by atoms with Gasteiger partial charge in [-0.3, -0.25) is 9.69 Å². The zero-order valence-electron chi connectivity index (χ0n) is 13.0. The lowest BCUT2D eigenvalue weighted by atomic mass is 10.0. The number of likely N-dealkylation sites (tertiary alicyclic amines) is 1. The summed E-state index contributed by atoms with van der Waals surface area (Å²) in [5.74, 6) is -0.213. The highest BCUT2D eigenvalue weighted by atomic mass is 16.3. The van der Waals surface area contributed by atoms with E-state index in [-0.39, 0.29) is 12.4 Å². The van der Waals surface area contributed by atoms with Gasteiger partial charge in [0.25, 0.3) is 0 Å². The molecule has 0 spiro atoms. The third-order valence-electron chi connectivity index (χ3n) is 4.51. The first-order valence-electron chi connectivity index (χ1n) is 7.34. The van der Waals surface area contributed by atoms with Crippen molar-refractivity contribution in [2.75, 3.05) is 27.2 Å². The highest BCUT2D eigenvalue weighted by Crippen LogP contribution is 2.20. The number of pyridine rings is 1. The Balaban J connectivity index is 2.19.